The van der Waals surface area contributed by atoms with Crippen molar-refractivity contribution < 1.29 is 18.9 Å². The molecule has 0 aliphatic rings. The van der Waals surface area contributed by atoms with E-state index in [1.54, 1.807) is 0 Å². The Morgan fingerprint density at radius 1 is 0.842 bits per heavy atom. The van der Waals surface area contributed by atoms with E-state index in [1.807, 2.05) is 6.92 Å². The summed E-state index contributed by atoms with van der Waals surface area (Å²) in [7, 11) is -4.41. The third kappa shape index (κ3) is 9.61. The Bertz CT molecular complexity index is 252. The second-order valence-corrected chi connectivity index (χ2v) is 6.59. The van der Waals surface area contributed by atoms with Gasteiger partial charge in [-0.2, -0.15) is 0 Å². The van der Waals surface area contributed by atoms with Crippen molar-refractivity contribution in [1.29, 1.82) is 0 Å². The summed E-state index contributed by atoms with van der Waals surface area (Å²) < 4.78 is 16.5. The van der Waals surface area contributed by atoms with E-state index in [0.29, 0.717) is 0 Å². The summed E-state index contributed by atoms with van der Waals surface area (Å²) in [5.74, 6) is 0. The van der Waals surface area contributed by atoms with E-state index in [0.717, 1.165) is 64.2 Å². The van der Waals surface area contributed by atoms with Crippen LogP contribution in [0.2, 0.25) is 0 Å². The SMILES string of the molecule is CCCCCC(CCC)(CCCCC)OP(=O)(O)O. The molecule has 0 atom stereocenters. The molecular formula is C14H31O4P. The second kappa shape index (κ2) is 9.93. The zero-order valence-corrected chi connectivity index (χ0v) is 13.6. The fraction of sp³-hybridized carbons (Fsp3) is 1.00. The van der Waals surface area contributed by atoms with E-state index in [2.05, 4.69) is 13.8 Å². The van der Waals surface area contributed by atoms with E-state index in [9.17, 15) is 14.4 Å². The van der Waals surface area contributed by atoms with Gasteiger partial charge in [0.15, 0.2) is 0 Å². The summed E-state index contributed by atoms with van der Waals surface area (Å²) in [6, 6.07) is 0. The highest BCUT2D eigenvalue weighted by atomic mass is 31.2. The van der Waals surface area contributed by atoms with Gasteiger partial charge in [0.05, 0.1) is 5.60 Å². The maximum absolute atomic E-state index is 11.3. The van der Waals surface area contributed by atoms with Gasteiger partial charge in [-0.25, -0.2) is 4.57 Å². The van der Waals surface area contributed by atoms with Crippen molar-refractivity contribution in [3.05, 3.63) is 0 Å². The van der Waals surface area contributed by atoms with Crippen LogP contribution in [-0.2, 0) is 9.09 Å². The molecule has 2 N–H and O–H groups in total. The minimum Gasteiger partial charge on any atom is -0.303 e. The van der Waals surface area contributed by atoms with Crippen LogP contribution in [0.15, 0.2) is 0 Å². The van der Waals surface area contributed by atoms with Crippen molar-refractivity contribution in [2.75, 3.05) is 0 Å². The highest BCUT2D eigenvalue weighted by molar-refractivity contribution is 7.46. The third-order valence-electron chi connectivity index (χ3n) is 3.49. The second-order valence-electron chi connectivity index (χ2n) is 5.43. The first-order chi connectivity index (χ1) is 8.89. The van der Waals surface area contributed by atoms with Crippen LogP contribution in [0.25, 0.3) is 0 Å². The van der Waals surface area contributed by atoms with Crippen molar-refractivity contribution in [3.63, 3.8) is 0 Å². The van der Waals surface area contributed by atoms with Crippen molar-refractivity contribution in [2.24, 2.45) is 0 Å². The van der Waals surface area contributed by atoms with Crippen LogP contribution in [0, 0.1) is 0 Å². The Morgan fingerprint density at radius 2 is 1.32 bits per heavy atom. The fourth-order valence-corrected chi connectivity index (χ4v) is 3.39. The Hall–Kier alpha value is 0.110. The van der Waals surface area contributed by atoms with Gasteiger partial charge in [-0.15, -0.1) is 0 Å². The van der Waals surface area contributed by atoms with E-state index in [-0.39, 0.29) is 0 Å². The predicted molar refractivity (Wildman–Crippen MR) is 79.1 cm³/mol. The van der Waals surface area contributed by atoms with E-state index in [1.165, 1.54) is 0 Å². The predicted octanol–water partition coefficient (Wildman–Crippen LogP) is 4.80. The molecule has 0 radical (unpaired) electrons. The fourth-order valence-electron chi connectivity index (χ4n) is 2.61. The van der Waals surface area contributed by atoms with Crippen LogP contribution >= 0.6 is 7.82 Å². The molecule has 0 spiro atoms. The van der Waals surface area contributed by atoms with Gasteiger partial charge in [-0.1, -0.05) is 65.7 Å². The molecule has 5 heteroatoms. The van der Waals surface area contributed by atoms with Gasteiger partial charge in [0.25, 0.3) is 0 Å². The van der Waals surface area contributed by atoms with Gasteiger partial charge in [-0.05, 0) is 19.3 Å². The summed E-state index contributed by atoms with van der Waals surface area (Å²) in [6.45, 7) is 6.29. The van der Waals surface area contributed by atoms with E-state index in [4.69, 9.17) is 4.52 Å². The zero-order valence-electron chi connectivity index (χ0n) is 12.7. The van der Waals surface area contributed by atoms with Crippen molar-refractivity contribution in [3.8, 4) is 0 Å². The van der Waals surface area contributed by atoms with Crippen molar-refractivity contribution in [1.82, 2.24) is 0 Å². The molecule has 0 unspecified atom stereocenters. The average Bonchev–Trinajstić information content (AvgIpc) is 2.28. The lowest BCUT2D eigenvalue weighted by atomic mass is 9.86. The zero-order chi connectivity index (χ0) is 14.8. The maximum atomic E-state index is 11.3. The number of hydrogen-bond donors (Lipinski definition) is 2. The Kier molecular flexibility index (Phi) is 9.98. The first-order valence-corrected chi connectivity index (χ1v) is 9.18. The average molecular weight is 294 g/mol. The monoisotopic (exact) mass is 294 g/mol. The maximum Gasteiger partial charge on any atom is 0.470 e. The highest BCUT2D eigenvalue weighted by Gasteiger charge is 2.36. The van der Waals surface area contributed by atoms with Crippen molar-refractivity contribution in [2.45, 2.75) is 90.6 Å². The van der Waals surface area contributed by atoms with Crippen LogP contribution in [-0.4, -0.2) is 15.4 Å². The lowest BCUT2D eigenvalue weighted by Gasteiger charge is -2.34. The molecule has 0 aliphatic carbocycles. The van der Waals surface area contributed by atoms with E-state index < -0.39 is 13.4 Å². The van der Waals surface area contributed by atoms with Gasteiger partial charge in [-0.3, -0.25) is 4.52 Å². The normalized spacial score (nSPS) is 12.9. The van der Waals surface area contributed by atoms with Crippen LogP contribution < -0.4 is 0 Å². The summed E-state index contributed by atoms with van der Waals surface area (Å²) in [5.41, 5.74) is -0.627. The first kappa shape index (κ1) is 19.1. The summed E-state index contributed by atoms with van der Waals surface area (Å²) >= 11 is 0. The lowest BCUT2D eigenvalue weighted by molar-refractivity contribution is 0.00702. The van der Waals surface area contributed by atoms with Gasteiger partial charge in [0.1, 0.15) is 0 Å². The smallest absolute Gasteiger partial charge is 0.303 e. The Morgan fingerprint density at radius 3 is 1.63 bits per heavy atom. The van der Waals surface area contributed by atoms with Crippen molar-refractivity contribution >= 4 is 7.82 Å². The standard InChI is InChI=1S/C14H31O4P/c1-4-7-9-12-14(11-6-3,13-10-8-5-2)18-19(15,16)17/h4-13H2,1-3H3,(H2,15,16,17). The molecule has 0 heterocycles. The van der Waals surface area contributed by atoms with Gasteiger partial charge in [0, 0.05) is 0 Å². The molecule has 0 saturated heterocycles. The molecule has 4 nitrogen and oxygen atoms in total. The number of unbranched alkanes of at least 4 members (excludes halogenated alkanes) is 4. The summed E-state index contributed by atoms with van der Waals surface area (Å²) in [4.78, 5) is 18.4. The molecule has 0 aromatic heterocycles. The van der Waals surface area contributed by atoms with Crippen LogP contribution in [0.5, 0.6) is 0 Å². The first-order valence-electron chi connectivity index (χ1n) is 7.65. The van der Waals surface area contributed by atoms with Gasteiger partial charge in [0.2, 0.25) is 0 Å². The molecule has 0 bridgehead atoms. The highest BCUT2D eigenvalue weighted by Crippen LogP contribution is 2.47. The minimum atomic E-state index is -4.41. The molecule has 0 amide bonds. The molecule has 0 fully saturated rings. The minimum absolute atomic E-state index is 0.627. The van der Waals surface area contributed by atoms with Crippen LogP contribution in [0.1, 0.15) is 85.0 Å². The van der Waals surface area contributed by atoms with Crippen LogP contribution in [0.3, 0.4) is 0 Å². The summed E-state index contributed by atoms with van der Waals surface area (Å²) in [5, 5.41) is 0. The third-order valence-corrected chi connectivity index (χ3v) is 4.12. The number of phosphoric ester groups is 1. The molecule has 0 aliphatic heterocycles. The summed E-state index contributed by atoms with van der Waals surface area (Å²) in [6.07, 6.45) is 9.45. The lowest BCUT2D eigenvalue weighted by Crippen LogP contribution is -2.31. The molecule has 0 rings (SSSR count). The number of rotatable bonds is 12. The van der Waals surface area contributed by atoms with Gasteiger partial charge < -0.3 is 9.79 Å². The topological polar surface area (TPSA) is 66.8 Å². The Balaban J connectivity index is 4.71. The quantitative estimate of drug-likeness (QED) is 0.401. The molecular weight excluding hydrogens is 263 g/mol. The molecule has 116 valence electrons. The largest absolute Gasteiger partial charge is 0.470 e. The van der Waals surface area contributed by atoms with E-state index >= 15 is 0 Å². The molecule has 0 saturated carbocycles. The van der Waals surface area contributed by atoms with Crippen LogP contribution in [0.4, 0.5) is 0 Å². The number of hydrogen-bond acceptors (Lipinski definition) is 2. The van der Waals surface area contributed by atoms with Gasteiger partial charge >= 0.3 is 7.82 Å². The molecule has 0 aromatic carbocycles. The molecule has 0 aromatic rings. The number of phosphoric acid groups is 1. The molecule has 19 heavy (non-hydrogen) atoms. The Labute approximate surface area is 118 Å².